The molecule has 0 atom stereocenters. The van der Waals surface area contributed by atoms with E-state index >= 15 is 0 Å². The van der Waals surface area contributed by atoms with E-state index in [9.17, 15) is 0 Å². The number of hydrogen-bond acceptors (Lipinski definition) is 8. The molecule has 0 aliphatic rings. The zero-order valence-electron chi connectivity index (χ0n) is 51.6. The van der Waals surface area contributed by atoms with Gasteiger partial charge in [-0.1, -0.05) is 212 Å². The number of benzene rings is 11. The van der Waals surface area contributed by atoms with Crippen molar-refractivity contribution in [3.05, 3.63) is 316 Å². The lowest BCUT2D eigenvalue weighted by Crippen LogP contribution is -1.91. The van der Waals surface area contributed by atoms with Gasteiger partial charge < -0.3 is 0 Å². The number of hydrogen-bond donors (Lipinski definition) is 0. The Morgan fingerprint density at radius 2 is 0.583 bits per heavy atom. The Morgan fingerprint density at radius 1 is 0.177 bits per heavy atom. The highest BCUT2D eigenvalue weighted by Crippen LogP contribution is 2.39. The van der Waals surface area contributed by atoms with Crippen molar-refractivity contribution >= 4 is 98.0 Å². The summed E-state index contributed by atoms with van der Waals surface area (Å²) in [6.45, 7) is 0. The first-order valence-electron chi connectivity index (χ1n) is 32.2. The molecule has 0 unspecified atom stereocenters. The standard InChI is InChI=1S/C88H52N8/c1-2-11-71-53(6-1)7-4-12-74(71)80-40-34-61-24-28-67(51-84(61)96-80)65-26-22-59-32-38-78(94-82(59)49-65)57-19-15-55(16-20-57)73-42-45-91-88-76(73)36-30-69-47-70(52-92-86(69)88)63-8-3-9-68(46-63)79-39-33-60-23-27-66(50-83(60)95-79)64-25-21-58-31-37-77(93-81(58)48-64)56-17-13-54(14-18-56)72-41-44-90-87-75(72)35-29-62-10-5-43-89-85(62)87/h1-52H. The van der Waals surface area contributed by atoms with Crippen LogP contribution in [0.4, 0.5) is 0 Å². The smallest absolute Gasteiger partial charge is 0.0970 e. The first-order chi connectivity index (χ1) is 47.5. The van der Waals surface area contributed by atoms with Crippen LogP contribution in [-0.4, -0.2) is 39.9 Å². The van der Waals surface area contributed by atoms with Gasteiger partial charge in [-0.3, -0.25) is 19.9 Å². The summed E-state index contributed by atoms with van der Waals surface area (Å²) >= 11 is 0. The Bertz CT molecular complexity index is 6400. The summed E-state index contributed by atoms with van der Waals surface area (Å²) in [5.41, 5.74) is 26.1. The van der Waals surface area contributed by atoms with E-state index < -0.39 is 0 Å². The van der Waals surface area contributed by atoms with E-state index in [1.54, 1.807) is 0 Å². The highest BCUT2D eigenvalue weighted by molar-refractivity contribution is 6.10. The predicted octanol–water partition coefficient (Wildman–Crippen LogP) is 22.2. The molecule has 19 rings (SSSR count). The molecule has 0 bridgehead atoms. The quantitative estimate of drug-likeness (QED) is 0.132. The van der Waals surface area contributed by atoms with E-state index in [4.69, 9.17) is 34.9 Å². The Labute approximate surface area is 551 Å². The average molecular weight is 1220 g/mol. The van der Waals surface area contributed by atoms with E-state index in [-0.39, 0.29) is 0 Å². The van der Waals surface area contributed by atoms with E-state index in [0.29, 0.717) is 0 Å². The Hall–Kier alpha value is -13.0. The molecule has 0 fully saturated rings. The molecule has 8 aromatic heterocycles. The molecular formula is C88H52N8. The second kappa shape index (κ2) is 22.4. The fourth-order valence-electron chi connectivity index (χ4n) is 14.0. The van der Waals surface area contributed by atoms with Gasteiger partial charge in [0.2, 0.25) is 0 Å². The van der Waals surface area contributed by atoms with Gasteiger partial charge in [0.05, 0.1) is 66.9 Å². The summed E-state index contributed by atoms with van der Waals surface area (Å²) in [6, 6.07) is 103. The van der Waals surface area contributed by atoms with E-state index in [1.807, 2.05) is 30.9 Å². The Kier molecular flexibility index (Phi) is 12.7. The molecule has 0 aliphatic heterocycles. The van der Waals surface area contributed by atoms with E-state index in [2.05, 4.69) is 290 Å². The lowest BCUT2D eigenvalue weighted by atomic mass is 9.97. The molecule has 444 valence electrons. The topological polar surface area (TPSA) is 103 Å². The minimum Gasteiger partial charge on any atom is -0.254 e. The van der Waals surface area contributed by atoms with Crippen LogP contribution in [0.15, 0.2) is 316 Å². The number of nitrogens with zero attached hydrogens (tertiary/aromatic N) is 8. The summed E-state index contributed by atoms with van der Waals surface area (Å²) in [5.74, 6) is 0. The molecule has 0 radical (unpaired) electrons. The molecular weight excluding hydrogens is 1170 g/mol. The van der Waals surface area contributed by atoms with Crippen molar-refractivity contribution < 1.29 is 0 Å². The van der Waals surface area contributed by atoms with Gasteiger partial charge in [0.15, 0.2) is 0 Å². The molecule has 19 aromatic rings. The van der Waals surface area contributed by atoms with Gasteiger partial charge in [0.25, 0.3) is 0 Å². The third kappa shape index (κ3) is 9.62. The second-order valence-corrected chi connectivity index (χ2v) is 24.7. The first-order valence-corrected chi connectivity index (χ1v) is 32.2. The van der Waals surface area contributed by atoms with Gasteiger partial charge in [-0.25, -0.2) is 19.9 Å². The molecule has 0 amide bonds. The minimum absolute atomic E-state index is 0.861. The van der Waals surface area contributed by atoms with Crippen molar-refractivity contribution in [3.63, 3.8) is 0 Å². The summed E-state index contributed by atoms with van der Waals surface area (Å²) < 4.78 is 0. The summed E-state index contributed by atoms with van der Waals surface area (Å²) in [6.07, 6.45) is 7.56. The second-order valence-electron chi connectivity index (χ2n) is 24.7. The van der Waals surface area contributed by atoms with Crippen LogP contribution in [0.3, 0.4) is 0 Å². The molecule has 11 aromatic carbocycles. The molecule has 96 heavy (non-hydrogen) atoms. The molecule has 8 nitrogen and oxygen atoms in total. The third-order valence-corrected chi connectivity index (χ3v) is 19.0. The van der Waals surface area contributed by atoms with Gasteiger partial charge >= 0.3 is 0 Å². The highest BCUT2D eigenvalue weighted by Gasteiger charge is 2.16. The van der Waals surface area contributed by atoms with Crippen LogP contribution < -0.4 is 0 Å². The SMILES string of the molecule is c1cc(-c2cnc3c(ccc4c(-c5ccc(-c6ccc7ccc(-c8ccc9ccc(-c%10cccc%11ccccc%10%11)nc9c8)cc7n6)cc5)ccnc43)c2)cc(-c2ccc3ccc(-c4ccc5ccc(-c6ccc(-c7ccnc8c7ccc7cccnc78)cc6)nc5c4)cc3n2)c1. The van der Waals surface area contributed by atoms with E-state index in [0.717, 1.165) is 188 Å². The van der Waals surface area contributed by atoms with Crippen LogP contribution in [-0.2, 0) is 0 Å². The highest BCUT2D eigenvalue weighted by atomic mass is 14.8. The molecule has 0 N–H and O–H groups in total. The van der Waals surface area contributed by atoms with Crippen LogP contribution >= 0.6 is 0 Å². The maximum absolute atomic E-state index is 5.27. The maximum atomic E-state index is 5.27. The Balaban J connectivity index is 0.560. The van der Waals surface area contributed by atoms with Gasteiger partial charge in [-0.2, -0.15) is 0 Å². The van der Waals surface area contributed by atoms with Crippen LogP contribution in [0.5, 0.6) is 0 Å². The molecule has 0 saturated heterocycles. The molecule has 8 heterocycles. The summed E-state index contributed by atoms with van der Waals surface area (Å²) in [7, 11) is 0. The van der Waals surface area contributed by atoms with Gasteiger partial charge in [0, 0.05) is 95.7 Å². The lowest BCUT2D eigenvalue weighted by Gasteiger charge is -2.11. The Morgan fingerprint density at radius 3 is 1.16 bits per heavy atom. The maximum Gasteiger partial charge on any atom is 0.0970 e. The van der Waals surface area contributed by atoms with Crippen LogP contribution in [0.1, 0.15) is 0 Å². The van der Waals surface area contributed by atoms with Crippen molar-refractivity contribution in [2.75, 3.05) is 0 Å². The number of aromatic nitrogens is 8. The lowest BCUT2D eigenvalue weighted by molar-refractivity contribution is 1.37. The third-order valence-electron chi connectivity index (χ3n) is 19.0. The van der Waals surface area contributed by atoms with E-state index in [1.165, 1.54) is 10.8 Å². The van der Waals surface area contributed by atoms with Crippen molar-refractivity contribution in [1.82, 2.24) is 39.9 Å². The first kappa shape index (κ1) is 54.7. The van der Waals surface area contributed by atoms with Gasteiger partial charge in [0.1, 0.15) is 0 Å². The number of fused-ring (bicyclic) bond motifs is 11. The predicted molar refractivity (Wildman–Crippen MR) is 395 cm³/mol. The monoisotopic (exact) mass is 1220 g/mol. The van der Waals surface area contributed by atoms with Crippen LogP contribution in [0, 0.1) is 0 Å². The van der Waals surface area contributed by atoms with Gasteiger partial charge in [-0.15, -0.1) is 0 Å². The van der Waals surface area contributed by atoms with Crippen molar-refractivity contribution in [1.29, 1.82) is 0 Å². The summed E-state index contributed by atoms with van der Waals surface area (Å²) in [4.78, 5) is 40.3. The summed E-state index contributed by atoms with van der Waals surface area (Å²) in [5, 5.41) is 11.0. The van der Waals surface area contributed by atoms with Crippen LogP contribution in [0.2, 0.25) is 0 Å². The van der Waals surface area contributed by atoms with Crippen molar-refractivity contribution in [2.24, 2.45) is 0 Å². The largest absolute Gasteiger partial charge is 0.254 e. The fraction of sp³-hybridized carbons (Fsp3) is 0. The fourth-order valence-corrected chi connectivity index (χ4v) is 14.0. The molecule has 8 heteroatoms. The number of rotatable bonds is 9. The molecule has 0 spiro atoms. The zero-order chi connectivity index (χ0) is 63.2. The minimum atomic E-state index is 0.861. The van der Waals surface area contributed by atoms with Crippen molar-refractivity contribution in [3.8, 4) is 101 Å². The van der Waals surface area contributed by atoms with Gasteiger partial charge in [-0.05, 0) is 140 Å². The normalized spacial score (nSPS) is 11.8. The molecule has 0 aliphatic carbocycles. The number of pyridine rings is 8. The molecule has 0 saturated carbocycles. The van der Waals surface area contributed by atoms with Crippen molar-refractivity contribution in [2.45, 2.75) is 0 Å². The zero-order valence-corrected chi connectivity index (χ0v) is 51.6. The van der Waals surface area contributed by atoms with Crippen LogP contribution in [0.25, 0.3) is 199 Å². The average Bonchev–Trinajstić information content (AvgIpc) is 1.09.